The van der Waals surface area contributed by atoms with E-state index in [9.17, 15) is 9.59 Å². The molecule has 0 N–H and O–H groups in total. The third kappa shape index (κ3) is 6.79. The monoisotopic (exact) mass is 448 g/mol. The van der Waals surface area contributed by atoms with Crippen LogP contribution in [0.4, 0.5) is 0 Å². The standard InChI is InChI=1S/C24H36N2O6/c1-6-31-20-10-8-19(9-11-20)21-22(25(13-16-29-4)14-17-30-5)24(28)26(23(21)27)12-7-15-32-18(2)3/h8-11,18H,6-7,12-17H2,1-5H3. The number of carbonyl (C=O) groups excluding carboxylic acids is 2. The molecule has 0 spiro atoms. The van der Waals surface area contributed by atoms with Crippen molar-refractivity contribution in [3.8, 4) is 5.75 Å². The Bertz CT molecular complexity index is 767. The number of methoxy groups -OCH3 is 2. The maximum atomic E-state index is 13.4. The molecule has 1 heterocycles. The number of ether oxygens (including phenoxy) is 4. The summed E-state index contributed by atoms with van der Waals surface area (Å²) in [5.74, 6) is 0.127. The van der Waals surface area contributed by atoms with Gasteiger partial charge in [-0.15, -0.1) is 0 Å². The van der Waals surface area contributed by atoms with Gasteiger partial charge >= 0.3 is 0 Å². The van der Waals surface area contributed by atoms with Crippen LogP contribution in [0.3, 0.4) is 0 Å². The Labute approximate surface area is 191 Å². The van der Waals surface area contributed by atoms with Crippen LogP contribution in [0.1, 0.15) is 32.8 Å². The third-order valence-electron chi connectivity index (χ3n) is 5.02. The molecule has 0 atom stereocenters. The maximum Gasteiger partial charge on any atom is 0.277 e. The fourth-order valence-corrected chi connectivity index (χ4v) is 3.48. The van der Waals surface area contributed by atoms with Crippen LogP contribution in [0.5, 0.6) is 5.75 Å². The van der Waals surface area contributed by atoms with Gasteiger partial charge in [0.15, 0.2) is 0 Å². The molecule has 0 saturated heterocycles. The molecule has 2 rings (SSSR count). The number of carbonyl (C=O) groups is 2. The Balaban J connectivity index is 2.38. The number of imide groups is 1. The fraction of sp³-hybridized carbons (Fsp3) is 0.583. The van der Waals surface area contributed by atoms with Gasteiger partial charge in [-0.25, -0.2) is 0 Å². The highest BCUT2D eigenvalue weighted by molar-refractivity contribution is 6.35. The minimum absolute atomic E-state index is 0.103. The molecule has 1 aliphatic rings. The van der Waals surface area contributed by atoms with Gasteiger partial charge in [-0.2, -0.15) is 0 Å². The lowest BCUT2D eigenvalue weighted by molar-refractivity contribution is -0.137. The van der Waals surface area contributed by atoms with Gasteiger partial charge < -0.3 is 23.8 Å². The van der Waals surface area contributed by atoms with Crippen molar-refractivity contribution in [1.29, 1.82) is 0 Å². The van der Waals surface area contributed by atoms with E-state index in [1.165, 1.54) is 4.90 Å². The number of rotatable bonds is 15. The Morgan fingerprint density at radius 3 is 2.09 bits per heavy atom. The zero-order valence-corrected chi connectivity index (χ0v) is 19.9. The van der Waals surface area contributed by atoms with Crippen molar-refractivity contribution in [1.82, 2.24) is 9.80 Å². The summed E-state index contributed by atoms with van der Waals surface area (Å²) >= 11 is 0. The van der Waals surface area contributed by atoms with Crippen LogP contribution in [-0.2, 0) is 23.8 Å². The van der Waals surface area contributed by atoms with Gasteiger partial charge in [0.1, 0.15) is 11.4 Å². The molecule has 0 aromatic heterocycles. The fourth-order valence-electron chi connectivity index (χ4n) is 3.48. The van der Waals surface area contributed by atoms with E-state index in [-0.39, 0.29) is 17.9 Å². The normalized spacial score (nSPS) is 14.1. The molecule has 0 fully saturated rings. The van der Waals surface area contributed by atoms with Crippen LogP contribution in [-0.4, -0.2) is 88.0 Å². The van der Waals surface area contributed by atoms with Gasteiger partial charge in [-0.1, -0.05) is 12.1 Å². The summed E-state index contributed by atoms with van der Waals surface area (Å²) in [6.45, 7) is 8.96. The molecular weight excluding hydrogens is 412 g/mol. The smallest absolute Gasteiger partial charge is 0.277 e. The van der Waals surface area contributed by atoms with Crippen molar-refractivity contribution in [2.45, 2.75) is 33.3 Å². The molecule has 1 aromatic carbocycles. The van der Waals surface area contributed by atoms with E-state index in [1.807, 2.05) is 49.9 Å². The van der Waals surface area contributed by atoms with Gasteiger partial charge in [0.05, 0.1) is 31.5 Å². The van der Waals surface area contributed by atoms with Crippen LogP contribution in [0.25, 0.3) is 5.57 Å². The Kier molecular flexibility index (Phi) is 10.7. The number of hydrogen-bond donors (Lipinski definition) is 0. The number of nitrogens with zero attached hydrogens (tertiary/aromatic N) is 2. The molecule has 0 radical (unpaired) electrons. The maximum absolute atomic E-state index is 13.4. The predicted molar refractivity (Wildman–Crippen MR) is 122 cm³/mol. The molecule has 8 nitrogen and oxygen atoms in total. The molecule has 1 aromatic rings. The first kappa shape index (κ1) is 25.8. The second-order valence-corrected chi connectivity index (χ2v) is 7.69. The van der Waals surface area contributed by atoms with Crippen LogP contribution < -0.4 is 4.74 Å². The second kappa shape index (κ2) is 13.2. The van der Waals surface area contributed by atoms with Crippen molar-refractivity contribution in [3.05, 3.63) is 35.5 Å². The average Bonchev–Trinajstić information content (AvgIpc) is 3.02. The molecular formula is C24H36N2O6. The lowest BCUT2D eigenvalue weighted by atomic mass is 10.0. The molecule has 1 aliphatic heterocycles. The average molecular weight is 449 g/mol. The van der Waals surface area contributed by atoms with Gasteiger partial charge in [0.2, 0.25) is 0 Å². The van der Waals surface area contributed by atoms with E-state index in [2.05, 4.69) is 0 Å². The molecule has 2 amide bonds. The highest BCUT2D eigenvalue weighted by Crippen LogP contribution is 2.32. The first-order valence-electron chi connectivity index (χ1n) is 11.1. The van der Waals surface area contributed by atoms with Gasteiger partial charge in [-0.3, -0.25) is 14.5 Å². The Hall–Kier alpha value is -2.42. The topological polar surface area (TPSA) is 77.5 Å². The zero-order valence-electron chi connectivity index (χ0n) is 19.9. The first-order valence-corrected chi connectivity index (χ1v) is 11.1. The lowest BCUT2D eigenvalue weighted by Gasteiger charge is -2.25. The van der Waals surface area contributed by atoms with Crippen LogP contribution in [0.15, 0.2) is 30.0 Å². The summed E-state index contributed by atoms with van der Waals surface area (Å²) in [6, 6.07) is 7.27. The van der Waals surface area contributed by atoms with Crippen LogP contribution in [0.2, 0.25) is 0 Å². The zero-order chi connectivity index (χ0) is 23.5. The summed E-state index contributed by atoms with van der Waals surface area (Å²) in [6.07, 6.45) is 0.682. The molecule has 32 heavy (non-hydrogen) atoms. The van der Waals surface area contributed by atoms with E-state index < -0.39 is 0 Å². The van der Waals surface area contributed by atoms with Crippen molar-refractivity contribution in [3.63, 3.8) is 0 Å². The van der Waals surface area contributed by atoms with Crippen molar-refractivity contribution < 1.29 is 28.5 Å². The minimum atomic E-state index is -0.296. The van der Waals surface area contributed by atoms with Crippen LogP contribution in [0, 0.1) is 0 Å². The van der Waals surface area contributed by atoms with E-state index in [0.717, 1.165) is 0 Å². The third-order valence-corrected chi connectivity index (χ3v) is 5.02. The van der Waals surface area contributed by atoms with E-state index in [4.69, 9.17) is 18.9 Å². The van der Waals surface area contributed by atoms with Crippen molar-refractivity contribution in [2.24, 2.45) is 0 Å². The number of benzene rings is 1. The molecule has 0 bridgehead atoms. The van der Waals surface area contributed by atoms with Crippen molar-refractivity contribution >= 4 is 17.4 Å². The SMILES string of the molecule is CCOc1ccc(C2=C(N(CCOC)CCOC)C(=O)N(CCCOC(C)C)C2=O)cc1. The van der Waals surface area contributed by atoms with E-state index in [1.54, 1.807) is 14.2 Å². The molecule has 0 saturated carbocycles. The highest BCUT2D eigenvalue weighted by Gasteiger charge is 2.41. The summed E-state index contributed by atoms with van der Waals surface area (Å²) in [5, 5.41) is 0. The van der Waals surface area contributed by atoms with E-state index >= 15 is 0 Å². The lowest BCUT2D eigenvalue weighted by Crippen LogP contribution is -2.38. The summed E-state index contributed by atoms with van der Waals surface area (Å²) in [5.41, 5.74) is 1.47. The molecule has 178 valence electrons. The van der Waals surface area contributed by atoms with Crippen LogP contribution >= 0.6 is 0 Å². The second-order valence-electron chi connectivity index (χ2n) is 7.69. The minimum Gasteiger partial charge on any atom is -0.494 e. The molecule has 0 unspecified atom stereocenters. The molecule has 8 heteroatoms. The molecule has 0 aliphatic carbocycles. The highest BCUT2D eigenvalue weighted by atomic mass is 16.5. The van der Waals surface area contributed by atoms with Gasteiger partial charge in [-0.05, 0) is 44.9 Å². The Morgan fingerprint density at radius 1 is 0.938 bits per heavy atom. The quantitative estimate of drug-likeness (QED) is 0.301. The summed E-state index contributed by atoms with van der Waals surface area (Å²) in [7, 11) is 3.22. The summed E-state index contributed by atoms with van der Waals surface area (Å²) in [4.78, 5) is 30.0. The van der Waals surface area contributed by atoms with Gasteiger partial charge in [0.25, 0.3) is 11.8 Å². The number of amides is 2. The first-order chi connectivity index (χ1) is 15.4. The van der Waals surface area contributed by atoms with E-state index in [0.29, 0.717) is 75.1 Å². The summed E-state index contributed by atoms with van der Waals surface area (Å²) < 4.78 is 21.6. The van der Waals surface area contributed by atoms with Crippen molar-refractivity contribution in [2.75, 3.05) is 60.3 Å². The van der Waals surface area contributed by atoms with Gasteiger partial charge in [0, 0.05) is 40.5 Å². The Morgan fingerprint density at radius 2 is 1.56 bits per heavy atom. The predicted octanol–water partition coefficient (Wildman–Crippen LogP) is 2.58. The number of hydrogen-bond acceptors (Lipinski definition) is 7. The largest absolute Gasteiger partial charge is 0.494 e.